The molecule has 4 rings (SSSR count). The maximum atomic E-state index is 5.95. The number of hydrogen-bond donors (Lipinski definition) is 2. The molecule has 0 amide bonds. The lowest BCUT2D eigenvalue weighted by Crippen LogP contribution is -2.26. The number of H-pyrrole nitrogens is 1. The Morgan fingerprint density at radius 3 is 2.41 bits per heavy atom. The van der Waals surface area contributed by atoms with Gasteiger partial charge >= 0.3 is 0 Å². The van der Waals surface area contributed by atoms with E-state index in [1.54, 1.807) is 0 Å². The Balaban J connectivity index is 1.18. The summed E-state index contributed by atoms with van der Waals surface area (Å²) < 4.78 is 23.2. The summed E-state index contributed by atoms with van der Waals surface area (Å²) in [5.41, 5.74) is 3.21. The molecule has 37 heavy (non-hydrogen) atoms. The predicted octanol–water partition coefficient (Wildman–Crippen LogP) is 4.38. The van der Waals surface area contributed by atoms with Crippen molar-refractivity contribution in [3.63, 3.8) is 0 Å². The molecule has 1 fully saturated rings. The third-order valence-corrected chi connectivity index (χ3v) is 6.59. The number of hydrogen-bond acceptors (Lipinski definition) is 7. The fourth-order valence-corrected chi connectivity index (χ4v) is 4.42. The summed E-state index contributed by atoms with van der Waals surface area (Å²) in [6.45, 7) is 6.15. The van der Waals surface area contributed by atoms with Gasteiger partial charge in [0, 0.05) is 56.2 Å². The van der Waals surface area contributed by atoms with E-state index in [4.69, 9.17) is 18.9 Å². The Hall–Kier alpha value is -3.07. The van der Waals surface area contributed by atoms with E-state index in [1.165, 1.54) is 5.56 Å². The molecule has 3 aromatic rings. The molecule has 0 radical (unpaired) electrons. The van der Waals surface area contributed by atoms with E-state index >= 15 is 0 Å². The molecule has 0 spiro atoms. The number of aromatic amines is 1. The van der Waals surface area contributed by atoms with Gasteiger partial charge in [0.05, 0.1) is 12.3 Å². The van der Waals surface area contributed by atoms with Crippen molar-refractivity contribution < 1.29 is 18.9 Å². The van der Waals surface area contributed by atoms with E-state index in [0.29, 0.717) is 19.1 Å². The van der Waals surface area contributed by atoms with Crippen LogP contribution in [0.1, 0.15) is 24.8 Å². The quantitative estimate of drug-likeness (QED) is 0.295. The van der Waals surface area contributed by atoms with Gasteiger partial charge in [0.15, 0.2) is 0 Å². The van der Waals surface area contributed by atoms with Crippen LogP contribution in [0.5, 0.6) is 17.2 Å². The summed E-state index contributed by atoms with van der Waals surface area (Å²) in [5, 5.41) is 10.7. The van der Waals surface area contributed by atoms with Crippen LogP contribution >= 0.6 is 0 Å². The smallest absolute Gasteiger partial charge is 0.123 e. The van der Waals surface area contributed by atoms with Gasteiger partial charge in [-0.1, -0.05) is 6.07 Å². The average molecular weight is 509 g/mol. The van der Waals surface area contributed by atoms with Crippen LogP contribution in [0.15, 0.2) is 54.7 Å². The van der Waals surface area contributed by atoms with Crippen molar-refractivity contribution in [1.82, 2.24) is 20.4 Å². The van der Waals surface area contributed by atoms with Crippen LogP contribution in [0.25, 0.3) is 11.3 Å². The Bertz CT molecular complexity index is 1050. The highest BCUT2D eigenvalue weighted by molar-refractivity contribution is 5.63. The second kappa shape index (κ2) is 14.6. The SMILES string of the molecule is CNCCN(C)Cc1c[nH]nc1-c1ccc(OCCOc2cccc(OCCC3CCOCC3)c2)cc1. The van der Waals surface area contributed by atoms with Gasteiger partial charge in [-0.2, -0.15) is 5.10 Å². The molecule has 0 unspecified atom stereocenters. The normalized spacial score (nSPS) is 14.1. The summed E-state index contributed by atoms with van der Waals surface area (Å²) in [4.78, 5) is 2.28. The zero-order chi connectivity index (χ0) is 25.7. The standard InChI is InChI=1S/C29H40N4O4/c1-30-13-14-33(2)22-25-21-31-32-29(25)24-6-8-26(9-7-24)36-18-19-37-28-5-3-4-27(20-28)35-17-12-23-10-15-34-16-11-23/h3-9,20-21,23,30H,10-19,22H2,1-2H3,(H,31,32). The van der Waals surface area contributed by atoms with Gasteiger partial charge in [0.1, 0.15) is 30.5 Å². The van der Waals surface area contributed by atoms with Crippen molar-refractivity contribution in [3.8, 4) is 28.5 Å². The van der Waals surface area contributed by atoms with Crippen LogP contribution in [-0.4, -0.2) is 75.3 Å². The summed E-state index contributed by atoms with van der Waals surface area (Å²) in [6, 6.07) is 15.9. The largest absolute Gasteiger partial charge is 0.493 e. The minimum Gasteiger partial charge on any atom is -0.493 e. The van der Waals surface area contributed by atoms with Crippen molar-refractivity contribution in [2.45, 2.75) is 25.8 Å². The predicted molar refractivity (Wildman–Crippen MR) is 145 cm³/mol. The minimum atomic E-state index is 0.454. The second-order valence-corrected chi connectivity index (χ2v) is 9.49. The number of aromatic nitrogens is 2. The third kappa shape index (κ3) is 8.77. The van der Waals surface area contributed by atoms with Crippen LogP contribution < -0.4 is 19.5 Å². The van der Waals surface area contributed by atoms with Crippen molar-refractivity contribution in [2.24, 2.45) is 5.92 Å². The number of nitrogens with one attached hydrogen (secondary N) is 2. The molecule has 2 N–H and O–H groups in total. The number of ether oxygens (including phenoxy) is 4. The summed E-state index contributed by atoms with van der Waals surface area (Å²) in [7, 11) is 4.08. The highest BCUT2D eigenvalue weighted by Gasteiger charge is 2.14. The zero-order valence-corrected chi connectivity index (χ0v) is 22.1. The Kier molecular flexibility index (Phi) is 10.7. The molecular weight excluding hydrogens is 468 g/mol. The molecule has 1 saturated heterocycles. The molecule has 0 atom stereocenters. The van der Waals surface area contributed by atoms with Crippen LogP contribution in [-0.2, 0) is 11.3 Å². The molecule has 200 valence electrons. The average Bonchev–Trinajstić information content (AvgIpc) is 3.39. The van der Waals surface area contributed by atoms with E-state index in [2.05, 4.69) is 27.5 Å². The van der Waals surface area contributed by atoms with Crippen LogP contribution in [0.2, 0.25) is 0 Å². The molecule has 0 saturated carbocycles. The molecule has 8 nitrogen and oxygen atoms in total. The third-order valence-electron chi connectivity index (χ3n) is 6.59. The lowest BCUT2D eigenvalue weighted by Gasteiger charge is -2.21. The lowest BCUT2D eigenvalue weighted by molar-refractivity contribution is 0.0593. The van der Waals surface area contributed by atoms with Gasteiger partial charge < -0.3 is 29.2 Å². The van der Waals surface area contributed by atoms with Crippen LogP contribution in [0, 0.1) is 5.92 Å². The lowest BCUT2D eigenvalue weighted by atomic mass is 9.97. The number of benzene rings is 2. The number of likely N-dealkylation sites (N-methyl/N-ethyl adjacent to an activating group) is 2. The molecule has 1 aliphatic heterocycles. The fourth-order valence-electron chi connectivity index (χ4n) is 4.42. The summed E-state index contributed by atoms with van der Waals surface area (Å²) in [5.74, 6) is 3.14. The molecule has 2 aromatic carbocycles. The molecule has 1 aliphatic rings. The first-order valence-corrected chi connectivity index (χ1v) is 13.2. The van der Waals surface area contributed by atoms with Crippen molar-refractivity contribution in [2.75, 3.05) is 60.2 Å². The van der Waals surface area contributed by atoms with Gasteiger partial charge in [-0.3, -0.25) is 5.10 Å². The highest BCUT2D eigenvalue weighted by Crippen LogP contribution is 2.25. The van der Waals surface area contributed by atoms with E-state index < -0.39 is 0 Å². The summed E-state index contributed by atoms with van der Waals surface area (Å²) in [6.07, 6.45) is 5.30. The zero-order valence-electron chi connectivity index (χ0n) is 22.1. The minimum absolute atomic E-state index is 0.454. The number of nitrogens with zero attached hydrogens (tertiary/aromatic N) is 2. The second-order valence-electron chi connectivity index (χ2n) is 9.49. The van der Waals surface area contributed by atoms with Crippen molar-refractivity contribution in [3.05, 3.63) is 60.3 Å². The van der Waals surface area contributed by atoms with Crippen molar-refractivity contribution in [1.29, 1.82) is 0 Å². The van der Waals surface area contributed by atoms with Crippen LogP contribution in [0.4, 0.5) is 0 Å². The van der Waals surface area contributed by atoms with E-state index in [-0.39, 0.29) is 0 Å². The molecule has 8 heteroatoms. The summed E-state index contributed by atoms with van der Waals surface area (Å²) >= 11 is 0. The van der Waals surface area contributed by atoms with Gasteiger partial charge in [-0.25, -0.2) is 0 Å². The highest BCUT2D eigenvalue weighted by atomic mass is 16.5. The monoisotopic (exact) mass is 508 g/mol. The first kappa shape index (κ1) is 27.0. The molecule has 0 aliphatic carbocycles. The van der Waals surface area contributed by atoms with E-state index in [0.717, 1.165) is 87.2 Å². The molecule has 1 aromatic heterocycles. The van der Waals surface area contributed by atoms with Gasteiger partial charge in [-0.05, 0) is 75.7 Å². The van der Waals surface area contributed by atoms with Crippen molar-refractivity contribution >= 4 is 0 Å². The van der Waals surface area contributed by atoms with Gasteiger partial charge in [-0.15, -0.1) is 0 Å². The van der Waals surface area contributed by atoms with Gasteiger partial charge in [0.25, 0.3) is 0 Å². The first-order chi connectivity index (χ1) is 18.2. The Labute approximate surface area is 220 Å². The molecule has 0 bridgehead atoms. The molecule has 2 heterocycles. The fraction of sp³-hybridized carbons (Fsp3) is 0.483. The maximum absolute atomic E-state index is 5.95. The maximum Gasteiger partial charge on any atom is 0.123 e. The Morgan fingerprint density at radius 1 is 0.973 bits per heavy atom. The number of rotatable bonds is 15. The first-order valence-electron chi connectivity index (χ1n) is 13.2. The Morgan fingerprint density at radius 2 is 1.68 bits per heavy atom. The van der Waals surface area contributed by atoms with E-state index in [1.807, 2.05) is 61.8 Å². The van der Waals surface area contributed by atoms with Gasteiger partial charge in [0.2, 0.25) is 0 Å². The topological polar surface area (TPSA) is 80.9 Å². The van der Waals surface area contributed by atoms with E-state index in [9.17, 15) is 0 Å². The molecular formula is C29H40N4O4. The van der Waals surface area contributed by atoms with Crippen LogP contribution in [0.3, 0.4) is 0 Å².